The Morgan fingerprint density at radius 1 is 1.15 bits per heavy atom. The number of carbonyl (C=O) groups excluding carboxylic acids is 1. The van der Waals surface area contributed by atoms with Gasteiger partial charge < -0.3 is 10.6 Å². The average Bonchev–Trinajstić information content (AvgIpc) is 2.26. The van der Waals surface area contributed by atoms with Crippen LogP contribution in [0.5, 0.6) is 0 Å². The summed E-state index contributed by atoms with van der Waals surface area (Å²) < 4.78 is 36.6. The Hall–Kier alpha value is -0.240. The zero-order valence-electron chi connectivity index (χ0n) is 11.5. The fourth-order valence-corrected chi connectivity index (χ4v) is 1.89. The summed E-state index contributed by atoms with van der Waals surface area (Å²) in [4.78, 5) is 14.9. The van der Waals surface area contributed by atoms with Gasteiger partial charge in [0.15, 0.2) is 0 Å². The minimum Gasteiger partial charge on any atom is -0.340 e. The average molecular weight is 340 g/mol. The summed E-state index contributed by atoms with van der Waals surface area (Å²) >= 11 is 0. The number of hydrogen-bond donors (Lipinski definition) is 1. The predicted octanol–water partition coefficient (Wildman–Crippen LogP) is 1.52. The fraction of sp³-hybridized carbons (Fsp3) is 0.909. The van der Waals surface area contributed by atoms with Gasteiger partial charge in [-0.15, -0.1) is 24.8 Å². The summed E-state index contributed by atoms with van der Waals surface area (Å²) in [5, 5.41) is 0. The lowest BCUT2D eigenvalue weighted by atomic mass is 10.0. The summed E-state index contributed by atoms with van der Waals surface area (Å²) in [6.45, 7) is 3.79. The van der Waals surface area contributed by atoms with Crippen LogP contribution >= 0.6 is 24.8 Å². The van der Waals surface area contributed by atoms with Gasteiger partial charge in [-0.3, -0.25) is 9.69 Å². The van der Waals surface area contributed by atoms with Crippen LogP contribution in [-0.2, 0) is 4.79 Å². The largest absolute Gasteiger partial charge is 0.401 e. The van der Waals surface area contributed by atoms with Crippen molar-refractivity contribution in [1.29, 1.82) is 0 Å². The van der Waals surface area contributed by atoms with Gasteiger partial charge in [-0.2, -0.15) is 13.2 Å². The molecule has 1 heterocycles. The Balaban J connectivity index is 0. The topological polar surface area (TPSA) is 49.6 Å². The first-order valence-corrected chi connectivity index (χ1v) is 6.04. The molecule has 1 aliphatic heterocycles. The number of nitrogens with two attached hydrogens (primary N) is 1. The second kappa shape index (κ2) is 8.92. The van der Waals surface area contributed by atoms with E-state index in [2.05, 4.69) is 0 Å². The van der Waals surface area contributed by atoms with Crippen molar-refractivity contribution in [2.45, 2.75) is 26.1 Å². The summed E-state index contributed by atoms with van der Waals surface area (Å²) in [5.41, 5.74) is 5.65. The smallest absolute Gasteiger partial charge is 0.340 e. The fourth-order valence-electron chi connectivity index (χ4n) is 1.89. The van der Waals surface area contributed by atoms with Gasteiger partial charge in [-0.1, -0.05) is 6.92 Å². The Bertz CT molecular complexity index is 295. The first kappa shape index (κ1) is 22.0. The SMILES string of the molecule is CC(N)C(C)C(=O)N1CCN(CC(F)(F)F)CC1.Cl.Cl. The molecule has 2 unspecified atom stereocenters. The lowest BCUT2D eigenvalue weighted by Gasteiger charge is -2.36. The van der Waals surface area contributed by atoms with E-state index >= 15 is 0 Å². The van der Waals surface area contributed by atoms with Gasteiger partial charge in [0.25, 0.3) is 0 Å². The first-order valence-electron chi connectivity index (χ1n) is 6.04. The number of nitrogens with zero attached hydrogens (tertiary/aromatic N) is 2. The Morgan fingerprint density at radius 2 is 1.60 bits per heavy atom. The molecule has 2 N–H and O–H groups in total. The van der Waals surface area contributed by atoms with Crippen LogP contribution in [-0.4, -0.2) is 60.6 Å². The van der Waals surface area contributed by atoms with Crippen LogP contribution in [0.1, 0.15) is 13.8 Å². The van der Waals surface area contributed by atoms with E-state index in [9.17, 15) is 18.0 Å². The molecule has 1 aliphatic rings. The number of amides is 1. The van der Waals surface area contributed by atoms with Gasteiger partial charge in [0.1, 0.15) is 0 Å². The maximum absolute atomic E-state index is 12.2. The van der Waals surface area contributed by atoms with Crippen molar-refractivity contribution in [2.24, 2.45) is 11.7 Å². The van der Waals surface area contributed by atoms with Gasteiger partial charge in [0.05, 0.1) is 12.5 Å². The highest BCUT2D eigenvalue weighted by molar-refractivity contribution is 5.85. The van der Waals surface area contributed by atoms with Gasteiger partial charge >= 0.3 is 6.18 Å². The van der Waals surface area contributed by atoms with Crippen molar-refractivity contribution < 1.29 is 18.0 Å². The van der Waals surface area contributed by atoms with Crippen molar-refractivity contribution in [2.75, 3.05) is 32.7 Å². The number of carbonyl (C=O) groups is 1. The summed E-state index contributed by atoms with van der Waals surface area (Å²) in [7, 11) is 0. The Kier molecular flexibility index (Phi) is 9.83. The zero-order valence-corrected chi connectivity index (χ0v) is 13.2. The van der Waals surface area contributed by atoms with Crippen molar-refractivity contribution in [3.05, 3.63) is 0 Å². The third kappa shape index (κ3) is 6.97. The molecule has 0 bridgehead atoms. The predicted molar refractivity (Wildman–Crippen MR) is 76.4 cm³/mol. The number of rotatable bonds is 3. The summed E-state index contributed by atoms with van der Waals surface area (Å²) in [6.07, 6.45) is -4.18. The molecule has 2 atom stereocenters. The number of piperazine rings is 1. The standard InChI is InChI=1S/C11H20F3N3O.2ClH/c1-8(9(2)15)10(18)17-5-3-16(4-6-17)7-11(12,13)14;;/h8-9H,3-7,15H2,1-2H3;2*1H. The molecular weight excluding hydrogens is 318 g/mol. The molecule has 20 heavy (non-hydrogen) atoms. The molecular formula is C11H22Cl2F3N3O. The minimum absolute atomic E-state index is 0. The second-order valence-corrected chi connectivity index (χ2v) is 4.86. The van der Waals surface area contributed by atoms with E-state index in [-0.39, 0.29) is 55.8 Å². The molecule has 9 heteroatoms. The summed E-state index contributed by atoms with van der Waals surface area (Å²) in [5.74, 6) is -0.365. The van der Waals surface area contributed by atoms with Crippen molar-refractivity contribution in [3.8, 4) is 0 Å². The molecule has 1 rings (SSSR count). The molecule has 0 aromatic rings. The highest BCUT2D eigenvalue weighted by Crippen LogP contribution is 2.18. The zero-order chi connectivity index (χ0) is 13.9. The van der Waals surface area contributed by atoms with Gasteiger partial charge in [0, 0.05) is 32.2 Å². The van der Waals surface area contributed by atoms with Crippen molar-refractivity contribution in [1.82, 2.24) is 9.80 Å². The lowest BCUT2D eigenvalue weighted by Crippen LogP contribution is -2.53. The molecule has 1 saturated heterocycles. The van der Waals surface area contributed by atoms with Gasteiger partial charge in [-0.25, -0.2) is 0 Å². The van der Waals surface area contributed by atoms with Crippen LogP contribution in [0.2, 0.25) is 0 Å². The third-order valence-electron chi connectivity index (χ3n) is 3.27. The second-order valence-electron chi connectivity index (χ2n) is 4.86. The molecule has 0 aromatic carbocycles. The highest BCUT2D eigenvalue weighted by Gasteiger charge is 2.33. The van der Waals surface area contributed by atoms with E-state index in [0.29, 0.717) is 13.1 Å². The van der Waals surface area contributed by atoms with Gasteiger partial charge in [-0.05, 0) is 6.92 Å². The lowest BCUT2D eigenvalue weighted by molar-refractivity contribution is -0.152. The molecule has 1 fully saturated rings. The molecule has 0 radical (unpaired) electrons. The van der Waals surface area contributed by atoms with Crippen LogP contribution in [0.3, 0.4) is 0 Å². The van der Waals surface area contributed by atoms with E-state index in [1.807, 2.05) is 0 Å². The maximum atomic E-state index is 12.2. The van der Waals surface area contributed by atoms with E-state index in [4.69, 9.17) is 5.73 Å². The maximum Gasteiger partial charge on any atom is 0.401 e. The van der Waals surface area contributed by atoms with Crippen molar-refractivity contribution in [3.63, 3.8) is 0 Å². The van der Waals surface area contributed by atoms with Crippen LogP contribution in [0, 0.1) is 5.92 Å². The Labute approximate surface area is 129 Å². The molecule has 0 aromatic heterocycles. The monoisotopic (exact) mass is 339 g/mol. The third-order valence-corrected chi connectivity index (χ3v) is 3.27. The van der Waals surface area contributed by atoms with Crippen LogP contribution in [0.25, 0.3) is 0 Å². The number of hydrogen-bond acceptors (Lipinski definition) is 3. The number of halogens is 5. The van der Waals surface area contributed by atoms with E-state index < -0.39 is 12.7 Å². The quantitative estimate of drug-likeness (QED) is 0.848. The van der Waals surface area contributed by atoms with E-state index in [1.165, 1.54) is 4.90 Å². The molecule has 122 valence electrons. The van der Waals surface area contributed by atoms with Crippen LogP contribution in [0.4, 0.5) is 13.2 Å². The molecule has 4 nitrogen and oxygen atoms in total. The normalized spacial score (nSPS) is 19.6. The molecule has 0 saturated carbocycles. The Morgan fingerprint density at radius 3 is 1.95 bits per heavy atom. The van der Waals surface area contributed by atoms with Crippen molar-refractivity contribution >= 4 is 30.7 Å². The summed E-state index contributed by atoms with van der Waals surface area (Å²) in [6, 6.07) is -0.245. The van der Waals surface area contributed by atoms with Crippen LogP contribution in [0.15, 0.2) is 0 Å². The highest BCUT2D eigenvalue weighted by atomic mass is 35.5. The first-order chi connectivity index (χ1) is 8.20. The van der Waals surface area contributed by atoms with Crippen LogP contribution < -0.4 is 5.73 Å². The van der Waals surface area contributed by atoms with Gasteiger partial charge in [0.2, 0.25) is 5.91 Å². The molecule has 0 spiro atoms. The minimum atomic E-state index is -4.18. The van der Waals surface area contributed by atoms with E-state index in [0.717, 1.165) is 0 Å². The molecule has 0 aliphatic carbocycles. The molecule has 1 amide bonds. The van der Waals surface area contributed by atoms with E-state index in [1.54, 1.807) is 18.7 Å². The number of alkyl halides is 3.